The van der Waals surface area contributed by atoms with E-state index in [2.05, 4.69) is 44.2 Å². The molecule has 0 aromatic heterocycles. The van der Waals surface area contributed by atoms with Gasteiger partial charge in [-0.3, -0.25) is 0 Å². The van der Waals surface area contributed by atoms with Gasteiger partial charge in [-0.15, -0.1) is 0 Å². The monoisotopic (exact) mass is 191 g/mol. The molecule has 2 N–H and O–H groups in total. The van der Waals surface area contributed by atoms with Gasteiger partial charge in [0.25, 0.3) is 0 Å². The van der Waals surface area contributed by atoms with E-state index in [1.54, 1.807) is 0 Å². The Labute approximate surface area is 87.3 Å². The summed E-state index contributed by atoms with van der Waals surface area (Å²) >= 11 is 0. The van der Waals surface area contributed by atoms with Gasteiger partial charge in [-0.05, 0) is 37.7 Å². The van der Waals surface area contributed by atoms with Crippen molar-refractivity contribution in [2.45, 2.75) is 39.2 Å². The van der Waals surface area contributed by atoms with E-state index in [9.17, 15) is 0 Å². The molecule has 1 aromatic carbocycles. The lowest BCUT2D eigenvalue weighted by molar-refractivity contribution is 0.437. The summed E-state index contributed by atoms with van der Waals surface area (Å²) < 4.78 is 0. The van der Waals surface area contributed by atoms with Gasteiger partial charge in [-0.1, -0.05) is 37.3 Å². The van der Waals surface area contributed by atoms with Crippen molar-refractivity contribution in [3.63, 3.8) is 0 Å². The molecule has 0 aliphatic carbocycles. The first-order valence-corrected chi connectivity index (χ1v) is 5.49. The van der Waals surface area contributed by atoms with Crippen molar-refractivity contribution < 1.29 is 0 Å². The van der Waals surface area contributed by atoms with E-state index in [1.807, 2.05) is 0 Å². The molecule has 1 heteroatoms. The lowest BCUT2D eigenvalue weighted by Crippen LogP contribution is -2.24. The highest BCUT2D eigenvalue weighted by Crippen LogP contribution is 2.12. The molecular weight excluding hydrogens is 170 g/mol. The van der Waals surface area contributed by atoms with Crippen molar-refractivity contribution in [2.75, 3.05) is 0 Å². The standard InChI is InChI=1S/C13H21N/c1-11(12(2)14)7-6-10-13-8-4-3-5-9-13/h3-5,8-9,11-12H,6-7,10,14H2,1-2H3. The minimum Gasteiger partial charge on any atom is -0.328 e. The van der Waals surface area contributed by atoms with Crippen LogP contribution in [-0.2, 0) is 6.42 Å². The Morgan fingerprint density at radius 1 is 1.14 bits per heavy atom. The quantitative estimate of drug-likeness (QED) is 0.760. The van der Waals surface area contributed by atoms with E-state index in [-0.39, 0.29) is 0 Å². The van der Waals surface area contributed by atoms with Crippen molar-refractivity contribution in [3.05, 3.63) is 35.9 Å². The third kappa shape index (κ3) is 3.93. The molecule has 0 amide bonds. The predicted molar refractivity (Wildman–Crippen MR) is 62.2 cm³/mol. The molecular formula is C13H21N. The van der Waals surface area contributed by atoms with Crippen LogP contribution in [0, 0.1) is 5.92 Å². The molecule has 2 atom stereocenters. The molecule has 0 saturated carbocycles. The summed E-state index contributed by atoms with van der Waals surface area (Å²) in [6, 6.07) is 11.0. The number of nitrogens with two attached hydrogens (primary N) is 1. The summed E-state index contributed by atoms with van der Waals surface area (Å²) in [5.41, 5.74) is 7.25. The zero-order valence-electron chi connectivity index (χ0n) is 9.24. The van der Waals surface area contributed by atoms with Crippen LogP contribution in [0.4, 0.5) is 0 Å². The van der Waals surface area contributed by atoms with Crippen molar-refractivity contribution >= 4 is 0 Å². The average Bonchev–Trinajstić information content (AvgIpc) is 2.19. The molecule has 1 rings (SSSR count). The van der Waals surface area contributed by atoms with Gasteiger partial charge in [0.2, 0.25) is 0 Å². The van der Waals surface area contributed by atoms with Crippen LogP contribution in [-0.4, -0.2) is 6.04 Å². The third-order valence-electron chi connectivity index (χ3n) is 2.87. The molecule has 14 heavy (non-hydrogen) atoms. The van der Waals surface area contributed by atoms with Crippen LogP contribution in [0.2, 0.25) is 0 Å². The summed E-state index contributed by atoms with van der Waals surface area (Å²) in [7, 11) is 0. The van der Waals surface area contributed by atoms with Crippen molar-refractivity contribution in [2.24, 2.45) is 11.7 Å². The summed E-state index contributed by atoms with van der Waals surface area (Å²) in [4.78, 5) is 0. The zero-order valence-corrected chi connectivity index (χ0v) is 9.24. The maximum atomic E-state index is 5.82. The number of rotatable bonds is 5. The summed E-state index contributed by atoms with van der Waals surface area (Å²) in [5.74, 6) is 0.638. The Balaban J connectivity index is 2.22. The van der Waals surface area contributed by atoms with Gasteiger partial charge >= 0.3 is 0 Å². The Hall–Kier alpha value is -0.820. The van der Waals surface area contributed by atoms with E-state index in [1.165, 1.54) is 24.8 Å². The van der Waals surface area contributed by atoms with Crippen LogP contribution in [0.5, 0.6) is 0 Å². The lowest BCUT2D eigenvalue weighted by atomic mass is 9.96. The molecule has 0 saturated heterocycles. The van der Waals surface area contributed by atoms with Crippen LogP contribution in [0.1, 0.15) is 32.3 Å². The van der Waals surface area contributed by atoms with Gasteiger partial charge in [0.15, 0.2) is 0 Å². The third-order valence-corrected chi connectivity index (χ3v) is 2.87. The fourth-order valence-corrected chi connectivity index (χ4v) is 1.54. The van der Waals surface area contributed by atoms with Gasteiger partial charge in [0.1, 0.15) is 0 Å². The van der Waals surface area contributed by atoms with Crippen LogP contribution < -0.4 is 5.73 Å². The van der Waals surface area contributed by atoms with Gasteiger partial charge in [-0.25, -0.2) is 0 Å². The van der Waals surface area contributed by atoms with Crippen molar-refractivity contribution in [1.82, 2.24) is 0 Å². The summed E-state index contributed by atoms with van der Waals surface area (Å²) in [5, 5.41) is 0. The zero-order chi connectivity index (χ0) is 10.4. The highest BCUT2D eigenvalue weighted by molar-refractivity contribution is 5.14. The van der Waals surface area contributed by atoms with E-state index in [0.717, 1.165) is 0 Å². The van der Waals surface area contributed by atoms with E-state index >= 15 is 0 Å². The second kappa shape index (κ2) is 5.82. The summed E-state index contributed by atoms with van der Waals surface area (Å²) in [6.45, 7) is 4.32. The number of benzene rings is 1. The average molecular weight is 191 g/mol. The normalized spacial score (nSPS) is 15.1. The summed E-state index contributed by atoms with van der Waals surface area (Å²) in [6.07, 6.45) is 3.65. The number of aryl methyl sites for hydroxylation is 1. The molecule has 0 aliphatic rings. The fourth-order valence-electron chi connectivity index (χ4n) is 1.54. The fraction of sp³-hybridized carbons (Fsp3) is 0.538. The molecule has 0 bridgehead atoms. The maximum absolute atomic E-state index is 5.82. The first-order chi connectivity index (χ1) is 6.70. The van der Waals surface area contributed by atoms with Crippen LogP contribution in [0.25, 0.3) is 0 Å². The Morgan fingerprint density at radius 2 is 1.79 bits per heavy atom. The van der Waals surface area contributed by atoms with E-state index < -0.39 is 0 Å². The van der Waals surface area contributed by atoms with Gasteiger partial charge in [0, 0.05) is 6.04 Å². The maximum Gasteiger partial charge on any atom is 0.00361 e. The van der Waals surface area contributed by atoms with Gasteiger partial charge in [-0.2, -0.15) is 0 Å². The second-order valence-corrected chi connectivity index (χ2v) is 4.21. The smallest absolute Gasteiger partial charge is 0.00361 e. The minimum absolute atomic E-state index is 0.325. The SMILES string of the molecule is CC(N)C(C)CCCc1ccccc1. The number of hydrogen-bond acceptors (Lipinski definition) is 1. The highest BCUT2D eigenvalue weighted by Gasteiger charge is 2.06. The molecule has 0 spiro atoms. The Kier molecular flexibility index (Phi) is 4.68. The van der Waals surface area contributed by atoms with Crippen molar-refractivity contribution in [1.29, 1.82) is 0 Å². The van der Waals surface area contributed by atoms with Crippen LogP contribution in [0.3, 0.4) is 0 Å². The topological polar surface area (TPSA) is 26.0 Å². The molecule has 0 fully saturated rings. The van der Waals surface area contributed by atoms with Gasteiger partial charge in [0.05, 0.1) is 0 Å². The molecule has 1 nitrogen and oxygen atoms in total. The molecule has 0 radical (unpaired) electrons. The molecule has 0 heterocycles. The van der Waals surface area contributed by atoms with E-state index in [4.69, 9.17) is 5.73 Å². The lowest BCUT2D eigenvalue weighted by Gasteiger charge is -2.14. The highest BCUT2D eigenvalue weighted by atomic mass is 14.6. The molecule has 0 aliphatic heterocycles. The number of hydrogen-bond donors (Lipinski definition) is 1. The Morgan fingerprint density at radius 3 is 2.36 bits per heavy atom. The second-order valence-electron chi connectivity index (χ2n) is 4.21. The molecule has 2 unspecified atom stereocenters. The Bertz CT molecular complexity index is 241. The molecule has 1 aromatic rings. The van der Waals surface area contributed by atoms with Crippen LogP contribution >= 0.6 is 0 Å². The predicted octanol–water partition coefficient (Wildman–Crippen LogP) is 2.99. The van der Waals surface area contributed by atoms with Gasteiger partial charge < -0.3 is 5.73 Å². The first-order valence-electron chi connectivity index (χ1n) is 5.49. The minimum atomic E-state index is 0.325. The largest absolute Gasteiger partial charge is 0.328 e. The van der Waals surface area contributed by atoms with Crippen molar-refractivity contribution in [3.8, 4) is 0 Å². The molecule has 78 valence electrons. The van der Waals surface area contributed by atoms with E-state index in [0.29, 0.717) is 12.0 Å². The van der Waals surface area contributed by atoms with Crippen LogP contribution in [0.15, 0.2) is 30.3 Å². The first kappa shape index (κ1) is 11.3.